The Kier molecular flexibility index (Phi) is 2.64. The minimum absolute atomic E-state index is 0.203. The second kappa shape index (κ2) is 4.36. The summed E-state index contributed by atoms with van der Waals surface area (Å²) in [5.41, 5.74) is 3.20. The van der Waals surface area contributed by atoms with Gasteiger partial charge in [0.1, 0.15) is 0 Å². The molecule has 1 N–H and O–H groups in total. The highest BCUT2D eigenvalue weighted by molar-refractivity contribution is 5.77. The maximum atomic E-state index is 11.6. The standard InChI is InChI=1S/C17H21NO/c19-17-9-8-14-12(10-18-17)5-7-15-13-3-1-2-11(13)4-6-16(14)15/h1-3,10-11,14-16H,4-9H2,(H,18,19). The molecule has 1 heterocycles. The van der Waals surface area contributed by atoms with Gasteiger partial charge in [-0.15, -0.1) is 0 Å². The summed E-state index contributed by atoms with van der Waals surface area (Å²) < 4.78 is 0. The van der Waals surface area contributed by atoms with Crippen LogP contribution in [0.25, 0.3) is 0 Å². The summed E-state index contributed by atoms with van der Waals surface area (Å²) in [7, 11) is 0. The molecule has 2 fully saturated rings. The molecule has 2 heteroatoms. The number of hydrogen-bond donors (Lipinski definition) is 1. The van der Waals surface area contributed by atoms with Gasteiger partial charge in [-0.2, -0.15) is 0 Å². The zero-order chi connectivity index (χ0) is 12.8. The topological polar surface area (TPSA) is 29.1 Å². The summed E-state index contributed by atoms with van der Waals surface area (Å²) in [5.74, 6) is 3.16. The molecule has 4 unspecified atom stereocenters. The van der Waals surface area contributed by atoms with E-state index in [-0.39, 0.29) is 5.91 Å². The third-order valence-electron chi connectivity index (χ3n) is 5.65. The summed E-state index contributed by atoms with van der Waals surface area (Å²) in [6, 6.07) is 0. The van der Waals surface area contributed by atoms with Gasteiger partial charge in [-0.05, 0) is 55.8 Å². The van der Waals surface area contributed by atoms with Gasteiger partial charge in [-0.1, -0.05) is 29.4 Å². The molecule has 0 spiro atoms. The molecule has 2 nitrogen and oxygen atoms in total. The van der Waals surface area contributed by atoms with E-state index in [0.717, 1.165) is 24.2 Å². The van der Waals surface area contributed by atoms with Gasteiger partial charge >= 0.3 is 0 Å². The molecule has 0 saturated heterocycles. The number of hydrogen-bond acceptors (Lipinski definition) is 1. The van der Waals surface area contributed by atoms with Crippen molar-refractivity contribution in [3.8, 4) is 0 Å². The van der Waals surface area contributed by atoms with Crippen LogP contribution in [0.15, 0.2) is 35.6 Å². The molecule has 2 saturated carbocycles. The van der Waals surface area contributed by atoms with Gasteiger partial charge in [-0.3, -0.25) is 4.79 Å². The third-order valence-corrected chi connectivity index (χ3v) is 5.65. The molecule has 3 aliphatic carbocycles. The zero-order valence-corrected chi connectivity index (χ0v) is 11.3. The van der Waals surface area contributed by atoms with E-state index in [2.05, 4.69) is 23.5 Å². The lowest BCUT2D eigenvalue weighted by Gasteiger charge is -2.45. The first-order valence-corrected chi connectivity index (χ1v) is 7.69. The van der Waals surface area contributed by atoms with Gasteiger partial charge in [-0.25, -0.2) is 0 Å². The lowest BCUT2D eigenvalue weighted by Crippen LogP contribution is -2.36. The first-order chi connectivity index (χ1) is 9.33. The summed E-state index contributed by atoms with van der Waals surface area (Å²) in [6.07, 6.45) is 15.9. The molecule has 0 aromatic rings. The summed E-state index contributed by atoms with van der Waals surface area (Å²) in [4.78, 5) is 11.6. The van der Waals surface area contributed by atoms with E-state index in [9.17, 15) is 4.79 Å². The minimum atomic E-state index is 0.203. The van der Waals surface area contributed by atoms with Crippen LogP contribution in [0.5, 0.6) is 0 Å². The second-order valence-electron chi connectivity index (χ2n) is 6.48. The van der Waals surface area contributed by atoms with Crippen LogP contribution in [0.2, 0.25) is 0 Å². The summed E-state index contributed by atoms with van der Waals surface area (Å²) >= 11 is 0. The largest absolute Gasteiger partial charge is 0.333 e. The molecule has 100 valence electrons. The van der Waals surface area contributed by atoms with E-state index >= 15 is 0 Å². The Balaban J connectivity index is 1.63. The SMILES string of the molecule is O=C1CCC2C(=CN1)CCC1C3=CC=CC3CCC21. The number of carbonyl (C=O) groups is 1. The fourth-order valence-corrected chi connectivity index (χ4v) is 4.77. The quantitative estimate of drug-likeness (QED) is 0.707. The van der Waals surface area contributed by atoms with E-state index in [1.165, 1.54) is 31.3 Å². The van der Waals surface area contributed by atoms with Crippen LogP contribution in [0.3, 0.4) is 0 Å². The van der Waals surface area contributed by atoms with Crippen molar-refractivity contribution in [2.75, 3.05) is 0 Å². The van der Waals surface area contributed by atoms with Crippen molar-refractivity contribution < 1.29 is 4.79 Å². The lowest BCUT2D eigenvalue weighted by atomic mass is 9.59. The summed E-state index contributed by atoms with van der Waals surface area (Å²) in [5, 5.41) is 2.96. The van der Waals surface area contributed by atoms with Crippen molar-refractivity contribution in [1.29, 1.82) is 0 Å². The normalized spacial score (nSPS) is 40.3. The predicted octanol–water partition coefficient (Wildman–Crippen LogP) is 3.33. The van der Waals surface area contributed by atoms with Crippen LogP contribution < -0.4 is 5.32 Å². The smallest absolute Gasteiger partial charge is 0.223 e. The van der Waals surface area contributed by atoms with Crippen molar-refractivity contribution in [2.24, 2.45) is 23.7 Å². The van der Waals surface area contributed by atoms with E-state index in [4.69, 9.17) is 0 Å². The Morgan fingerprint density at radius 3 is 2.89 bits per heavy atom. The number of carbonyl (C=O) groups excluding carboxylic acids is 1. The van der Waals surface area contributed by atoms with Crippen LogP contribution in [0.1, 0.15) is 38.5 Å². The van der Waals surface area contributed by atoms with Gasteiger partial charge in [0.25, 0.3) is 0 Å². The summed E-state index contributed by atoms with van der Waals surface area (Å²) in [6.45, 7) is 0. The first-order valence-electron chi connectivity index (χ1n) is 7.69. The Morgan fingerprint density at radius 1 is 1.05 bits per heavy atom. The molecule has 0 aromatic heterocycles. The average molecular weight is 255 g/mol. The fraction of sp³-hybridized carbons (Fsp3) is 0.588. The lowest BCUT2D eigenvalue weighted by molar-refractivity contribution is -0.120. The van der Waals surface area contributed by atoms with Gasteiger partial charge in [0.2, 0.25) is 5.91 Å². The highest BCUT2D eigenvalue weighted by Gasteiger charge is 2.43. The number of allylic oxidation sites excluding steroid dienone is 5. The van der Waals surface area contributed by atoms with Crippen molar-refractivity contribution in [3.63, 3.8) is 0 Å². The van der Waals surface area contributed by atoms with E-state index < -0.39 is 0 Å². The highest BCUT2D eigenvalue weighted by Crippen LogP contribution is 2.52. The first kappa shape index (κ1) is 11.5. The molecule has 1 aliphatic heterocycles. The molecular weight excluding hydrogens is 234 g/mol. The van der Waals surface area contributed by atoms with Gasteiger partial charge in [0.15, 0.2) is 0 Å². The number of amides is 1. The number of nitrogens with one attached hydrogen (secondary N) is 1. The van der Waals surface area contributed by atoms with Crippen LogP contribution in [0.4, 0.5) is 0 Å². The monoisotopic (exact) mass is 255 g/mol. The second-order valence-corrected chi connectivity index (χ2v) is 6.48. The van der Waals surface area contributed by atoms with E-state index in [1.807, 2.05) is 6.20 Å². The van der Waals surface area contributed by atoms with Crippen molar-refractivity contribution in [1.82, 2.24) is 5.32 Å². The third kappa shape index (κ3) is 1.80. The molecule has 0 bridgehead atoms. The van der Waals surface area contributed by atoms with Crippen LogP contribution in [0, 0.1) is 23.7 Å². The molecule has 4 rings (SSSR count). The Morgan fingerprint density at radius 2 is 1.95 bits per heavy atom. The Labute approximate surface area is 114 Å². The molecule has 19 heavy (non-hydrogen) atoms. The number of rotatable bonds is 0. The maximum Gasteiger partial charge on any atom is 0.223 e. The van der Waals surface area contributed by atoms with Crippen LogP contribution >= 0.6 is 0 Å². The zero-order valence-electron chi connectivity index (χ0n) is 11.3. The fourth-order valence-electron chi connectivity index (χ4n) is 4.77. The van der Waals surface area contributed by atoms with Gasteiger partial charge < -0.3 is 5.32 Å². The van der Waals surface area contributed by atoms with E-state index in [0.29, 0.717) is 12.3 Å². The Hall–Kier alpha value is -1.31. The molecule has 1 amide bonds. The van der Waals surface area contributed by atoms with Gasteiger partial charge in [0.05, 0.1) is 0 Å². The maximum absolute atomic E-state index is 11.6. The van der Waals surface area contributed by atoms with Crippen molar-refractivity contribution in [3.05, 3.63) is 35.6 Å². The molecule has 0 radical (unpaired) electrons. The molecular formula is C17H21NO. The predicted molar refractivity (Wildman–Crippen MR) is 75.1 cm³/mol. The molecule has 0 aromatic carbocycles. The molecule has 4 aliphatic rings. The van der Waals surface area contributed by atoms with Crippen LogP contribution in [-0.4, -0.2) is 5.91 Å². The minimum Gasteiger partial charge on any atom is -0.333 e. The molecule has 4 atom stereocenters. The van der Waals surface area contributed by atoms with Crippen molar-refractivity contribution >= 4 is 5.91 Å². The Bertz CT molecular complexity index is 499. The van der Waals surface area contributed by atoms with E-state index in [1.54, 1.807) is 5.57 Å². The highest BCUT2D eigenvalue weighted by atomic mass is 16.1. The number of fused-ring (bicyclic) bond motifs is 5. The van der Waals surface area contributed by atoms with Gasteiger partial charge in [0, 0.05) is 12.6 Å². The average Bonchev–Trinajstić information content (AvgIpc) is 2.83. The van der Waals surface area contributed by atoms with Crippen LogP contribution in [-0.2, 0) is 4.79 Å². The van der Waals surface area contributed by atoms with Crippen molar-refractivity contribution in [2.45, 2.75) is 38.5 Å².